The highest BCUT2D eigenvalue weighted by Gasteiger charge is 2.24. The van der Waals surface area contributed by atoms with Gasteiger partial charge in [-0.1, -0.05) is 0 Å². The van der Waals surface area contributed by atoms with Gasteiger partial charge in [0.1, 0.15) is 5.75 Å². The zero-order valence-electron chi connectivity index (χ0n) is 15.8. The third-order valence-corrected chi connectivity index (χ3v) is 6.39. The van der Waals surface area contributed by atoms with Crippen molar-refractivity contribution in [2.75, 3.05) is 12.9 Å². The monoisotopic (exact) mass is 387 g/mol. The molecule has 0 radical (unpaired) electrons. The summed E-state index contributed by atoms with van der Waals surface area (Å²) in [6.07, 6.45) is 7.74. The summed E-state index contributed by atoms with van der Waals surface area (Å²) in [6, 6.07) is 6.82. The Hall–Kier alpha value is -2.08. The summed E-state index contributed by atoms with van der Waals surface area (Å²) in [5.74, 6) is 1.84. The molecular weight excluding hydrogens is 362 g/mol. The molecule has 1 aromatic carbocycles. The molecule has 0 bridgehead atoms. The predicted molar refractivity (Wildman–Crippen MR) is 105 cm³/mol. The molecule has 2 aliphatic rings. The first kappa shape index (κ1) is 18.3. The van der Waals surface area contributed by atoms with Gasteiger partial charge in [0.05, 0.1) is 11.5 Å². The number of benzene rings is 1. The summed E-state index contributed by atoms with van der Waals surface area (Å²) in [5.41, 5.74) is 2.23. The Bertz CT molecular complexity index is 1030. The van der Waals surface area contributed by atoms with Gasteiger partial charge in [-0.05, 0) is 68.7 Å². The smallest absolute Gasteiger partial charge is 0.253 e. The van der Waals surface area contributed by atoms with Crippen molar-refractivity contribution in [2.24, 2.45) is 11.8 Å². The molecular formula is C21H25NO4S. The molecule has 2 aliphatic carbocycles. The van der Waals surface area contributed by atoms with Crippen LogP contribution in [0.25, 0.3) is 11.1 Å². The van der Waals surface area contributed by atoms with Gasteiger partial charge in [-0.3, -0.25) is 4.79 Å². The second-order valence-corrected chi connectivity index (χ2v) is 10.0. The average Bonchev–Trinajstić information content (AvgIpc) is 3.51. The van der Waals surface area contributed by atoms with E-state index in [9.17, 15) is 13.2 Å². The van der Waals surface area contributed by atoms with E-state index in [0.29, 0.717) is 29.8 Å². The molecule has 0 saturated heterocycles. The molecule has 6 heteroatoms. The molecule has 2 aromatic rings. The van der Waals surface area contributed by atoms with Gasteiger partial charge in [-0.2, -0.15) is 0 Å². The molecule has 4 rings (SSSR count). The summed E-state index contributed by atoms with van der Waals surface area (Å²) in [6.45, 7) is 3.17. The van der Waals surface area contributed by atoms with Crippen LogP contribution in [-0.2, 0) is 16.4 Å². The predicted octanol–water partition coefficient (Wildman–Crippen LogP) is 3.43. The number of rotatable bonds is 7. The van der Waals surface area contributed by atoms with Gasteiger partial charge in [0.25, 0.3) is 5.56 Å². The van der Waals surface area contributed by atoms with Gasteiger partial charge in [0.15, 0.2) is 9.84 Å². The lowest BCUT2D eigenvalue weighted by Gasteiger charge is -2.15. The fourth-order valence-electron chi connectivity index (χ4n) is 3.23. The number of sulfone groups is 1. The Labute approximate surface area is 159 Å². The summed E-state index contributed by atoms with van der Waals surface area (Å²) >= 11 is 0. The van der Waals surface area contributed by atoms with E-state index in [1.54, 1.807) is 29.7 Å². The van der Waals surface area contributed by atoms with Crippen molar-refractivity contribution in [3.8, 4) is 16.9 Å². The number of ether oxygens (including phenoxy) is 1. The molecule has 2 saturated carbocycles. The van der Waals surface area contributed by atoms with E-state index in [2.05, 4.69) is 0 Å². The lowest BCUT2D eigenvalue weighted by atomic mass is 10.0. The van der Waals surface area contributed by atoms with Gasteiger partial charge in [0, 0.05) is 35.7 Å². The Morgan fingerprint density at radius 2 is 1.81 bits per heavy atom. The molecule has 0 atom stereocenters. The second-order valence-electron chi connectivity index (χ2n) is 8.00. The third kappa shape index (κ3) is 4.26. The molecule has 0 amide bonds. The molecule has 27 heavy (non-hydrogen) atoms. The maximum Gasteiger partial charge on any atom is 0.253 e. The molecule has 0 N–H and O–H groups in total. The molecule has 0 unspecified atom stereocenters. The first-order valence-electron chi connectivity index (χ1n) is 9.49. The highest BCUT2D eigenvalue weighted by molar-refractivity contribution is 7.90. The average molecular weight is 388 g/mol. The SMILES string of the molecule is Cc1cc(-c2cc(S(C)(=O)=O)ccc2OCC2CC2)cn(CC2CC2)c1=O. The van der Waals surface area contributed by atoms with E-state index in [1.165, 1.54) is 19.1 Å². The summed E-state index contributed by atoms with van der Waals surface area (Å²) < 4.78 is 31.9. The van der Waals surface area contributed by atoms with E-state index in [4.69, 9.17) is 4.74 Å². The minimum absolute atomic E-state index is 0.0189. The van der Waals surface area contributed by atoms with Crippen LogP contribution in [0, 0.1) is 18.8 Å². The first-order valence-corrected chi connectivity index (χ1v) is 11.4. The number of aromatic nitrogens is 1. The number of pyridine rings is 1. The van der Waals surface area contributed by atoms with Crippen molar-refractivity contribution in [3.63, 3.8) is 0 Å². The fourth-order valence-corrected chi connectivity index (χ4v) is 3.88. The first-order chi connectivity index (χ1) is 12.8. The van der Waals surface area contributed by atoms with Crippen LogP contribution in [0.1, 0.15) is 31.2 Å². The Kier molecular flexibility index (Phi) is 4.62. The van der Waals surface area contributed by atoms with Gasteiger partial charge in [-0.15, -0.1) is 0 Å². The minimum atomic E-state index is -3.33. The standard InChI is InChI=1S/C21H25NO4S/c1-14-9-17(12-22(21(14)23)11-15-3-4-15)19-10-18(27(2,24)25)7-8-20(19)26-13-16-5-6-16/h7-10,12,15-16H,3-6,11,13H2,1-2H3. The molecule has 5 nitrogen and oxygen atoms in total. The van der Waals surface area contributed by atoms with Crippen molar-refractivity contribution >= 4 is 9.84 Å². The van der Waals surface area contributed by atoms with E-state index in [1.807, 2.05) is 12.3 Å². The zero-order chi connectivity index (χ0) is 19.2. The maximum absolute atomic E-state index is 12.5. The summed E-state index contributed by atoms with van der Waals surface area (Å²) in [7, 11) is -3.33. The van der Waals surface area contributed by atoms with Crippen LogP contribution in [0.2, 0.25) is 0 Å². The van der Waals surface area contributed by atoms with Gasteiger partial charge >= 0.3 is 0 Å². The van der Waals surface area contributed by atoms with Crippen molar-refractivity contribution in [1.82, 2.24) is 4.57 Å². The van der Waals surface area contributed by atoms with Crippen LogP contribution < -0.4 is 10.3 Å². The van der Waals surface area contributed by atoms with Crippen LogP contribution in [-0.4, -0.2) is 25.8 Å². The Balaban J connectivity index is 1.79. The van der Waals surface area contributed by atoms with Gasteiger partial charge in [-0.25, -0.2) is 8.42 Å². The van der Waals surface area contributed by atoms with Crippen molar-refractivity contribution in [1.29, 1.82) is 0 Å². The van der Waals surface area contributed by atoms with Crippen LogP contribution in [0.15, 0.2) is 40.2 Å². The van der Waals surface area contributed by atoms with Crippen molar-refractivity contribution in [2.45, 2.75) is 44.0 Å². The summed E-state index contributed by atoms with van der Waals surface area (Å²) in [4.78, 5) is 12.7. The molecule has 0 aliphatic heterocycles. The van der Waals surface area contributed by atoms with Crippen LogP contribution in [0.4, 0.5) is 0 Å². The van der Waals surface area contributed by atoms with Crippen LogP contribution in [0.5, 0.6) is 5.75 Å². The number of aryl methyl sites for hydroxylation is 1. The molecule has 0 spiro atoms. The quantitative estimate of drug-likeness (QED) is 0.730. The number of nitrogens with zero attached hydrogens (tertiary/aromatic N) is 1. The van der Waals surface area contributed by atoms with Crippen LogP contribution >= 0.6 is 0 Å². The minimum Gasteiger partial charge on any atom is -0.493 e. The lowest BCUT2D eigenvalue weighted by Crippen LogP contribution is -2.22. The topological polar surface area (TPSA) is 65.4 Å². The van der Waals surface area contributed by atoms with E-state index in [0.717, 1.165) is 30.5 Å². The van der Waals surface area contributed by atoms with E-state index >= 15 is 0 Å². The number of hydrogen-bond acceptors (Lipinski definition) is 4. The number of hydrogen-bond donors (Lipinski definition) is 0. The molecule has 1 heterocycles. The zero-order valence-corrected chi connectivity index (χ0v) is 16.6. The second kappa shape index (κ2) is 6.82. The molecule has 1 aromatic heterocycles. The van der Waals surface area contributed by atoms with E-state index in [-0.39, 0.29) is 10.5 Å². The van der Waals surface area contributed by atoms with Gasteiger partial charge < -0.3 is 9.30 Å². The largest absolute Gasteiger partial charge is 0.493 e. The van der Waals surface area contributed by atoms with Crippen molar-refractivity contribution < 1.29 is 13.2 Å². The maximum atomic E-state index is 12.5. The Morgan fingerprint density at radius 1 is 1.11 bits per heavy atom. The fraction of sp³-hybridized carbons (Fsp3) is 0.476. The van der Waals surface area contributed by atoms with Crippen molar-refractivity contribution in [3.05, 3.63) is 46.4 Å². The third-order valence-electron chi connectivity index (χ3n) is 5.28. The van der Waals surface area contributed by atoms with Gasteiger partial charge in [0.2, 0.25) is 0 Å². The Morgan fingerprint density at radius 3 is 2.44 bits per heavy atom. The van der Waals surface area contributed by atoms with Crippen LogP contribution in [0.3, 0.4) is 0 Å². The molecule has 2 fully saturated rings. The van der Waals surface area contributed by atoms with E-state index < -0.39 is 9.84 Å². The normalized spacial score (nSPS) is 17.1. The molecule has 144 valence electrons. The summed E-state index contributed by atoms with van der Waals surface area (Å²) in [5, 5.41) is 0. The lowest BCUT2D eigenvalue weighted by molar-refractivity contribution is 0.301. The highest BCUT2D eigenvalue weighted by Crippen LogP contribution is 2.36. The highest BCUT2D eigenvalue weighted by atomic mass is 32.2.